The lowest BCUT2D eigenvalue weighted by Gasteiger charge is -2.39. The van der Waals surface area contributed by atoms with Gasteiger partial charge in [0, 0.05) is 22.7 Å². The van der Waals surface area contributed by atoms with Crippen LogP contribution in [0.25, 0.3) is 0 Å². The molecular formula is C23H23ClN2O4. The molecule has 1 fully saturated rings. The van der Waals surface area contributed by atoms with Crippen LogP contribution in [0.3, 0.4) is 0 Å². The van der Waals surface area contributed by atoms with Crippen molar-refractivity contribution in [3.05, 3.63) is 76.8 Å². The zero-order valence-corrected chi connectivity index (χ0v) is 17.3. The monoisotopic (exact) mass is 426 g/mol. The fraction of sp³-hybridized carbons (Fsp3) is 0.304. The van der Waals surface area contributed by atoms with Crippen LogP contribution in [-0.2, 0) is 4.74 Å². The second-order valence-electron chi connectivity index (χ2n) is 7.68. The van der Waals surface area contributed by atoms with Crippen molar-refractivity contribution in [2.75, 3.05) is 12.4 Å². The minimum atomic E-state index is -0.943. The molecule has 4 atom stereocenters. The third-order valence-electron chi connectivity index (χ3n) is 6.06. The average Bonchev–Trinajstić information content (AvgIpc) is 3.13. The molecule has 4 rings (SSSR count). The van der Waals surface area contributed by atoms with Crippen LogP contribution in [0.15, 0.2) is 55.1 Å². The van der Waals surface area contributed by atoms with E-state index in [1.54, 1.807) is 29.2 Å². The number of fused-ring (bicyclic) bond motifs is 3. The van der Waals surface area contributed by atoms with E-state index in [1.807, 2.05) is 24.3 Å². The second kappa shape index (κ2) is 8.03. The zero-order chi connectivity index (χ0) is 21.4. The quantitative estimate of drug-likeness (QED) is 0.513. The highest BCUT2D eigenvalue weighted by Crippen LogP contribution is 2.54. The number of nitrogens with zero attached hydrogens (tertiary/aromatic N) is 1. The van der Waals surface area contributed by atoms with Crippen LogP contribution in [-0.4, -0.2) is 35.2 Å². The number of hydrogen-bond acceptors (Lipinski definition) is 4. The molecule has 1 saturated heterocycles. The molecule has 0 bridgehead atoms. The van der Waals surface area contributed by atoms with E-state index in [-0.39, 0.29) is 30.0 Å². The number of carboxylic acid groups (broad SMARTS) is 1. The average molecular weight is 427 g/mol. The largest absolute Gasteiger partial charge is 0.465 e. The maximum atomic E-state index is 12.2. The van der Waals surface area contributed by atoms with Crippen molar-refractivity contribution in [3.8, 4) is 0 Å². The van der Waals surface area contributed by atoms with E-state index in [1.165, 1.54) is 7.11 Å². The molecule has 0 aromatic heterocycles. The lowest BCUT2D eigenvalue weighted by atomic mass is 9.79. The van der Waals surface area contributed by atoms with Crippen molar-refractivity contribution >= 4 is 29.4 Å². The molecule has 0 aliphatic carbocycles. The Morgan fingerprint density at radius 3 is 2.67 bits per heavy atom. The first-order chi connectivity index (χ1) is 14.4. The van der Waals surface area contributed by atoms with Gasteiger partial charge >= 0.3 is 12.1 Å². The van der Waals surface area contributed by atoms with Gasteiger partial charge in [0.2, 0.25) is 0 Å². The molecule has 0 spiro atoms. The maximum absolute atomic E-state index is 12.2. The minimum absolute atomic E-state index is 0.0148. The third kappa shape index (κ3) is 3.41. The third-order valence-corrected chi connectivity index (χ3v) is 6.30. The lowest BCUT2D eigenvalue weighted by molar-refractivity contribution is 0.0600. The normalized spacial score (nSPS) is 24.4. The minimum Gasteiger partial charge on any atom is -0.465 e. The van der Waals surface area contributed by atoms with Crippen LogP contribution < -0.4 is 5.32 Å². The molecule has 2 aliphatic rings. The first-order valence-electron chi connectivity index (χ1n) is 9.81. The molecule has 2 aromatic rings. The molecule has 1 unspecified atom stereocenters. The fourth-order valence-electron chi connectivity index (χ4n) is 4.83. The Bertz CT molecular complexity index is 991. The second-order valence-corrected chi connectivity index (χ2v) is 8.12. The van der Waals surface area contributed by atoms with Gasteiger partial charge in [0.05, 0.1) is 24.8 Å². The molecule has 2 heterocycles. The summed E-state index contributed by atoms with van der Waals surface area (Å²) in [5, 5.41) is 14.2. The summed E-state index contributed by atoms with van der Waals surface area (Å²) in [7, 11) is 1.35. The van der Waals surface area contributed by atoms with E-state index in [4.69, 9.17) is 16.3 Å². The summed E-state index contributed by atoms with van der Waals surface area (Å²) in [6.07, 6.45) is 2.11. The van der Waals surface area contributed by atoms with Gasteiger partial charge in [-0.1, -0.05) is 29.8 Å². The number of anilines is 1. The number of hydrogen-bond donors (Lipinski definition) is 2. The van der Waals surface area contributed by atoms with Gasteiger partial charge < -0.3 is 15.2 Å². The molecule has 2 N–H and O–H groups in total. The molecule has 7 heteroatoms. The van der Waals surface area contributed by atoms with E-state index in [0.29, 0.717) is 23.4 Å². The highest BCUT2D eigenvalue weighted by atomic mass is 35.5. The number of carbonyl (C=O) groups excluding carboxylic acids is 1. The van der Waals surface area contributed by atoms with Gasteiger partial charge in [-0.05, 0) is 54.3 Å². The summed E-state index contributed by atoms with van der Waals surface area (Å²) in [6.45, 7) is 3.81. The van der Waals surface area contributed by atoms with E-state index < -0.39 is 6.09 Å². The van der Waals surface area contributed by atoms with Crippen molar-refractivity contribution in [1.82, 2.24) is 4.90 Å². The van der Waals surface area contributed by atoms with E-state index in [2.05, 4.69) is 11.9 Å². The number of esters is 1. The summed E-state index contributed by atoms with van der Waals surface area (Å²) in [6, 6.07) is 12.2. The Hall–Kier alpha value is -2.99. The molecule has 0 radical (unpaired) electrons. The Labute approximate surface area is 180 Å². The Balaban J connectivity index is 1.78. The highest BCUT2D eigenvalue weighted by molar-refractivity contribution is 6.30. The number of rotatable bonds is 4. The predicted molar refractivity (Wildman–Crippen MR) is 115 cm³/mol. The van der Waals surface area contributed by atoms with Crippen LogP contribution in [0.5, 0.6) is 0 Å². The summed E-state index contributed by atoms with van der Waals surface area (Å²) in [5.41, 5.74) is 3.23. The molecular weight excluding hydrogens is 404 g/mol. The van der Waals surface area contributed by atoms with Crippen LogP contribution >= 0.6 is 11.6 Å². The standard InChI is InChI=1S/C23H23ClN2O4/c1-3-4-16-12-18-20(13-5-7-14(8-6-13)22(27)30-2)25-19-10-9-15(24)11-17(19)21(18)26(16)23(28)29/h3,5-11,16,18,20-21,25H,1,4,12H2,2H3,(H,28,29)/t16?,18-,20+,21+/m1/s1. The van der Waals surface area contributed by atoms with Crippen LogP contribution in [0.4, 0.5) is 10.5 Å². The molecule has 156 valence electrons. The number of amides is 1. The van der Waals surface area contributed by atoms with Crippen molar-refractivity contribution in [1.29, 1.82) is 0 Å². The first kappa shape index (κ1) is 20.3. The fourth-order valence-corrected chi connectivity index (χ4v) is 5.01. The van der Waals surface area contributed by atoms with Crippen LogP contribution in [0, 0.1) is 5.92 Å². The molecule has 1 amide bonds. The van der Waals surface area contributed by atoms with Gasteiger partial charge in [0.15, 0.2) is 0 Å². The number of halogens is 1. The Kier molecular flexibility index (Phi) is 5.43. The van der Waals surface area contributed by atoms with Gasteiger partial charge in [-0.25, -0.2) is 9.59 Å². The van der Waals surface area contributed by atoms with Gasteiger partial charge in [-0.2, -0.15) is 0 Å². The molecule has 2 aromatic carbocycles. The topological polar surface area (TPSA) is 78.9 Å². The smallest absolute Gasteiger partial charge is 0.408 e. The first-order valence-corrected chi connectivity index (χ1v) is 10.2. The SMILES string of the molecule is C=CCC1C[C@@H]2[C@H](c3ccc(C(=O)OC)cc3)Nc3ccc(Cl)cc3[C@@H]2N1C(=O)O. The van der Waals surface area contributed by atoms with Crippen LogP contribution in [0.2, 0.25) is 5.02 Å². The molecule has 30 heavy (non-hydrogen) atoms. The number of methoxy groups -OCH3 is 1. The van der Waals surface area contributed by atoms with Crippen LogP contribution in [0.1, 0.15) is 46.4 Å². The summed E-state index contributed by atoms with van der Waals surface area (Å²) < 4.78 is 4.78. The number of ether oxygens (including phenoxy) is 1. The zero-order valence-electron chi connectivity index (χ0n) is 16.5. The van der Waals surface area contributed by atoms with Crippen molar-refractivity contribution in [2.24, 2.45) is 5.92 Å². The van der Waals surface area contributed by atoms with Crippen molar-refractivity contribution in [3.63, 3.8) is 0 Å². The van der Waals surface area contributed by atoms with Gasteiger partial charge in [0.1, 0.15) is 0 Å². The predicted octanol–water partition coefficient (Wildman–Crippen LogP) is 5.28. The number of benzene rings is 2. The summed E-state index contributed by atoms with van der Waals surface area (Å²) in [4.78, 5) is 25.6. The summed E-state index contributed by atoms with van der Waals surface area (Å²) in [5.74, 6) is -0.374. The molecule has 2 aliphatic heterocycles. The number of carbonyl (C=O) groups is 2. The lowest BCUT2D eigenvalue weighted by Crippen LogP contribution is -2.39. The molecule has 6 nitrogen and oxygen atoms in total. The number of likely N-dealkylation sites (tertiary alicyclic amines) is 1. The van der Waals surface area contributed by atoms with E-state index in [9.17, 15) is 14.7 Å². The van der Waals surface area contributed by atoms with Crippen molar-refractivity contribution < 1.29 is 19.4 Å². The van der Waals surface area contributed by atoms with Gasteiger partial charge in [-0.15, -0.1) is 6.58 Å². The Morgan fingerprint density at radius 1 is 1.30 bits per heavy atom. The van der Waals surface area contributed by atoms with E-state index in [0.717, 1.165) is 16.8 Å². The van der Waals surface area contributed by atoms with Crippen molar-refractivity contribution in [2.45, 2.75) is 31.0 Å². The highest BCUT2D eigenvalue weighted by Gasteiger charge is 2.50. The maximum Gasteiger partial charge on any atom is 0.408 e. The van der Waals surface area contributed by atoms with Gasteiger partial charge in [0.25, 0.3) is 0 Å². The summed E-state index contributed by atoms with van der Waals surface area (Å²) >= 11 is 6.25. The number of nitrogens with one attached hydrogen (secondary N) is 1. The Morgan fingerprint density at radius 2 is 2.03 bits per heavy atom. The van der Waals surface area contributed by atoms with E-state index >= 15 is 0 Å². The molecule has 0 saturated carbocycles. The van der Waals surface area contributed by atoms with Gasteiger partial charge in [-0.3, -0.25) is 4.90 Å².